The number of nitrogens with zero attached hydrogens (tertiary/aromatic N) is 1. The fourth-order valence-electron chi connectivity index (χ4n) is 2.67. The van der Waals surface area contributed by atoms with E-state index in [1.807, 2.05) is 22.6 Å². The van der Waals surface area contributed by atoms with Gasteiger partial charge in [-0.15, -0.1) is 0 Å². The number of carbonyl (C=O) groups is 1. The van der Waals surface area contributed by atoms with Gasteiger partial charge in [-0.3, -0.25) is 14.6 Å². The third-order valence-corrected chi connectivity index (χ3v) is 6.65. The monoisotopic (exact) mass is 562 g/mol. The van der Waals surface area contributed by atoms with Crippen molar-refractivity contribution in [3.05, 3.63) is 62.4 Å². The summed E-state index contributed by atoms with van der Waals surface area (Å²) in [6.45, 7) is 1.70. The van der Waals surface area contributed by atoms with Crippen molar-refractivity contribution < 1.29 is 17.6 Å². The summed E-state index contributed by atoms with van der Waals surface area (Å²) in [6.07, 6.45) is 0.379. The lowest BCUT2D eigenvalue weighted by atomic mass is 10.1. The van der Waals surface area contributed by atoms with E-state index in [2.05, 4.69) is 20.2 Å². The van der Waals surface area contributed by atoms with Crippen LogP contribution >= 0.6 is 34.2 Å². The van der Waals surface area contributed by atoms with E-state index in [0.717, 1.165) is 5.56 Å². The Kier molecular flexibility index (Phi) is 6.98. The second-order valence-electron chi connectivity index (χ2n) is 6.33. The van der Waals surface area contributed by atoms with Crippen LogP contribution < -0.4 is 10.0 Å². The predicted molar refractivity (Wildman–Crippen MR) is 124 cm³/mol. The highest BCUT2D eigenvalue weighted by Gasteiger charge is 2.22. The first-order valence-electron chi connectivity index (χ1n) is 8.81. The van der Waals surface area contributed by atoms with Crippen molar-refractivity contribution in [3.8, 4) is 11.3 Å². The molecule has 0 aliphatic rings. The third-order valence-electron chi connectivity index (χ3n) is 4.02. The number of rotatable bonds is 7. The van der Waals surface area contributed by atoms with Gasteiger partial charge in [0.2, 0.25) is 10.0 Å². The largest absolute Gasteiger partial charge is 0.307 e. The number of aromatic nitrogens is 2. The normalized spacial score (nSPS) is 11.3. The summed E-state index contributed by atoms with van der Waals surface area (Å²) in [6, 6.07) is 11.3. The van der Waals surface area contributed by atoms with Crippen LogP contribution in [0.3, 0.4) is 0 Å². The van der Waals surface area contributed by atoms with Gasteiger partial charge in [-0.2, -0.15) is 5.10 Å². The van der Waals surface area contributed by atoms with Gasteiger partial charge in [0.15, 0.2) is 5.82 Å². The van der Waals surface area contributed by atoms with Gasteiger partial charge in [0.25, 0.3) is 5.91 Å². The zero-order valence-electron chi connectivity index (χ0n) is 15.7. The first-order valence-corrected chi connectivity index (χ1v) is 11.9. The van der Waals surface area contributed by atoms with Gasteiger partial charge in [-0.05, 0) is 53.3 Å². The van der Waals surface area contributed by atoms with Crippen LogP contribution in [0.4, 0.5) is 15.9 Å². The topological polar surface area (TPSA) is 104 Å². The van der Waals surface area contributed by atoms with Crippen LogP contribution in [-0.4, -0.2) is 30.3 Å². The summed E-state index contributed by atoms with van der Waals surface area (Å²) in [5.74, 6) is -1.57. The Hall–Kier alpha value is -2.18. The average molecular weight is 563 g/mol. The summed E-state index contributed by atoms with van der Waals surface area (Å²) in [7, 11) is -3.70. The lowest BCUT2D eigenvalue weighted by molar-refractivity contribution is 0.102. The molecule has 0 saturated carbocycles. The minimum atomic E-state index is -3.70. The summed E-state index contributed by atoms with van der Waals surface area (Å²) in [5, 5.41) is 9.94. The van der Waals surface area contributed by atoms with Crippen LogP contribution in [0.1, 0.15) is 23.7 Å². The van der Waals surface area contributed by atoms with E-state index >= 15 is 0 Å². The van der Waals surface area contributed by atoms with Crippen LogP contribution in [0.5, 0.6) is 0 Å². The lowest BCUT2D eigenvalue weighted by Crippen LogP contribution is -2.20. The molecular formula is C19H17ClFIN4O3S. The van der Waals surface area contributed by atoms with Crippen molar-refractivity contribution in [2.24, 2.45) is 0 Å². The molecule has 0 aliphatic carbocycles. The molecule has 2 aromatic carbocycles. The van der Waals surface area contributed by atoms with Crippen molar-refractivity contribution in [2.45, 2.75) is 13.3 Å². The number of aromatic amines is 1. The van der Waals surface area contributed by atoms with Crippen molar-refractivity contribution in [2.75, 3.05) is 15.8 Å². The quantitative estimate of drug-likeness (QED) is 0.357. The van der Waals surface area contributed by atoms with Gasteiger partial charge in [0, 0.05) is 20.2 Å². The number of H-pyrrole nitrogens is 1. The van der Waals surface area contributed by atoms with Crippen LogP contribution in [0.2, 0.25) is 5.02 Å². The molecule has 3 aromatic rings. The third kappa shape index (κ3) is 5.29. The molecule has 0 aliphatic heterocycles. The number of hydrogen-bond donors (Lipinski definition) is 3. The number of halogens is 3. The molecule has 0 saturated heterocycles. The maximum atomic E-state index is 14.9. The molecule has 7 nitrogen and oxygen atoms in total. The molecule has 1 aromatic heterocycles. The first-order chi connectivity index (χ1) is 14.2. The maximum absolute atomic E-state index is 14.9. The molecular weight excluding hydrogens is 546 g/mol. The van der Waals surface area contributed by atoms with E-state index in [1.165, 1.54) is 12.1 Å². The van der Waals surface area contributed by atoms with E-state index < -0.39 is 21.7 Å². The average Bonchev–Trinajstić information content (AvgIpc) is 3.13. The SMILES string of the molecule is CCCS(=O)(=O)Nc1ccc(I)c(C(=O)Nc2cc(-c3ccc(Cl)cc3)n[nH]2)c1F. The Balaban J connectivity index is 1.83. The van der Waals surface area contributed by atoms with Gasteiger partial charge in [-0.25, -0.2) is 12.8 Å². The second-order valence-corrected chi connectivity index (χ2v) is 9.77. The summed E-state index contributed by atoms with van der Waals surface area (Å²) in [4.78, 5) is 12.7. The minimum absolute atomic E-state index is 0.151. The highest BCUT2D eigenvalue weighted by molar-refractivity contribution is 14.1. The van der Waals surface area contributed by atoms with Crippen molar-refractivity contribution in [3.63, 3.8) is 0 Å². The highest BCUT2D eigenvalue weighted by atomic mass is 127. The molecule has 30 heavy (non-hydrogen) atoms. The molecule has 3 rings (SSSR count). The number of anilines is 2. The van der Waals surface area contributed by atoms with Crippen molar-refractivity contribution in [1.29, 1.82) is 0 Å². The molecule has 0 unspecified atom stereocenters. The minimum Gasteiger partial charge on any atom is -0.307 e. The predicted octanol–water partition coefficient (Wildman–Crippen LogP) is 4.88. The molecule has 3 N–H and O–H groups in total. The Morgan fingerprint density at radius 2 is 1.93 bits per heavy atom. The number of hydrogen-bond acceptors (Lipinski definition) is 4. The fourth-order valence-corrected chi connectivity index (χ4v) is 4.59. The zero-order chi connectivity index (χ0) is 21.9. The Labute approximate surface area is 191 Å². The van der Waals surface area contributed by atoms with E-state index in [-0.39, 0.29) is 22.8 Å². The number of nitrogens with one attached hydrogen (secondary N) is 3. The summed E-state index contributed by atoms with van der Waals surface area (Å²) < 4.78 is 41.4. The smallest absolute Gasteiger partial charge is 0.260 e. The fraction of sp³-hybridized carbons (Fsp3) is 0.158. The Morgan fingerprint density at radius 1 is 1.23 bits per heavy atom. The van der Waals surface area contributed by atoms with Gasteiger partial charge in [-0.1, -0.05) is 30.7 Å². The van der Waals surface area contributed by atoms with Gasteiger partial charge in [0.05, 0.1) is 22.7 Å². The summed E-state index contributed by atoms with van der Waals surface area (Å²) >= 11 is 7.69. The van der Waals surface area contributed by atoms with Crippen LogP contribution in [0, 0.1) is 9.39 Å². The van der Waals surface area contributed by atoms with E-state index in [4.69, 9.17) is 11.6 Å². The van der Waals surface area contributed by atoms with Gasteiger partial charge < -0.3 is 5.32 Å². The molecule has 0 bridgehead atoms. The summed E-state index contributed by atoms with van der Waals surface area (Å²) in [5.41, 5.74) is 0.804. The van der Waals surface area contributed by atoms with Crippen molar-refractivity contribution in [1.82, 2.24) is 10.2 Å². The standard InChI is InChI=1S/C19H17ClFIN4O3S/c1-2-9-30(28,29)26-14-8-7-13(22)17(18(14)21)19(27)23-16-10-15(24-25-16)11-3-5-12(20)6-4-11/h3-8,10,26H,2,9H2,1H3,(H2,23,24,25,27). The van der Waals surface area contributed by atoms with Gasteiger partial charge >= 0.3 is 0 Å². The molecule has 158 valence electrons. The van der Waals surface area contributed by atoms with Crippen molar-refractivity contribution >= 4 is 61.6 Å². The Bertz CT molecular complexity index is 1180. The molecule has 11 heteroatoms. The number of carbonyl (C=O) groups excluding carboxylic acids is 1. The van der Waals surface area contributed by atoms with Gasteiger partial charge in [0.1, 0.15) is 5.82 Å². The second kappa shape index (κ2) is 9.31. The lowest BCUT2D eigenvalue weighted by Gasteiger charge is -2.12. The van der Waals surface area contributed by atoms with Crippen LogP contribution in [-0.2, 0) is 10.0 Å². The van der Waals surface area contributed by atoms with Crippen LogP contribution in [0.15, 0.2) is 42.5 Å². The molecule has 0 fully saturated rings. The number of benzene rings is 2. The molecule has 0 atom stereocenters. The number of sulfonamides is 1. The zero-order valence-corrected chi connectivity index (χ0v) is 19.4. The first kappa shape index (κ1) is 22.5. The van der Waals surface area contributed by atoms with Crippen LogP contribution in [0.25, 0.3) is 11.3 Å². The van der Waals surface area contributed by atoms with E-state index in [9.17, 15) is 17.6 Å². The number of amides is 1. The maximum Gasteiger partial charge on any atom is 0.260 e. The Morgan fingerprint density at radius 3 is 2.60 bits per heavy atom. The molecule has 0 spiro atoms. The highest BCUT2D eigenvalue weighted by Crippen LogP contribution is 2.26. The molecule has 1 heterocycles. The van der Waals surface area contributed by atoms with E-state index in [1.54, 1.807) is 37.3 Å². The van der Waals surface area contributed by atoms with E-state index in [0.29, 0.717) is 20.7 Å². The molecule has 1 amide bonds. The molecule has 0 radical (unpaired) electrons.